The molecule has 0 bridgehead atoms. The molecule has 28 heavy (non-hydrogen) atoms. The molecule has 0 spiro atoms. The van der Waals surface area contributed by atoms with Crippen molar-refractivity contribution in [1.29, 1.82) is 0 Å². The number of aromatic nitrogens is 2. The Kier molecular flexibility index (Phi) is 4.83. The maximum Gasteiger partial charge on any atom is 0.247 e. The molecule has 0 radical (unpaired) electrons. The maximum absolute atomic E-state index is 12.8. The van der Waals surface area contributed by atoms with E-state index in [4.69, 9.17) is 0 Å². The van der Waals surface area contributed by atoms with Gasteiger partial charge in [-0.15, -0.1) is 0 Å². The molecular formula is C21H22N4O3. The first kappa shape index (κ1) is 18.2. The van der Waals surface area contributed by atoms with Gasteiger partial charge in [-0.3, -0.25) is 14.7 Å². The zero-order valence-electron chi connectivity index (χ0n) is 15.6. The lowest BCUT2D eigenvalue weighted by atomic mass is 9.96. The number of carbonyl (C=O) groups excluding carboxylic acids is 2. The predicted molar refractivity (Wildman–Crippen MR) is 105 cm³/mol. The first-order chi connectivity index (χ1) is 13.6. The van der Waals surface area contributed by atoms with Gasteiger partial charge in [0.05, 0.1) is 12.3 Å². The molecule has 2 heterocycles. The summed E-state index contributed by atoms with van der Waals surface area (Å²) in [5.74, 6) is -0.627. The summed E-state index contributed by atoms with van der Waals surface area (Å²) < 4.78 is 0. The van der Waals surface area contributed by atoms with Crippen molar-refractivity contribution in [2.75, 3.05) is 13.2 Å². The lowest BCUT2D eigenvalue weighted by Crippen LogP contribution is -2.51. The van der Waals surface area contributed by atoms with Gasteiger partial charge in [-0.25, -0.2) is 0 Å². The highest BCUT2D eigenvalue weighted by Gasteiger charge is 2.30. The van der Waals surface area contributed by atoms with Gasteiger partial charge in [0.25, 0.3) is 0 Å². The van der Waals surface area contributed by atoms with Gasteiger partial charge in [-0.1, -0.05) is 42.5 Å². The minimum atomic E-state index is -0.924. The number of H-pyrrole nitrogens is 1. The Labute approximate surface area is 162 Å². The summed E-state index contributed by atoms with van der Waals surface area (Å²) in [6, 6.07) is 13.3. The second-order valence-corrected chi connectivity index (χ2v) is 7.00. The molecule has 0 saturated heterocycles. The minimum absolute atomic E-state index is 0.284. The fourth-order valence-electron chi connectivity index (χ4n) is 3.79. The molecule has 144 valence electrons. The van der Waals surface area contributed by atoms with Crippen molar-refractivity contribution in [1.82, 2.24) is 20.4 Å². The third-order valence-corrected chi connectivity index (χ3v) is 5.15. The number of carbonyl (C=O) groups is 2. The van der Waals surface area contributed by atoms with E-state index in [9.17, 15) is 14.7 Å². The number of hydrogen-bond donors (Lipinski definition) is 3. The van der Waals surface area contributed by atoms with Crippen molar-refractivity contribution < 1.29 is 14.7 Å². The fraction of sp³-hybridized carbons (Fsp3) is 0.286. The minimum Gasteiger partial charge on any atom is -0.394 e. The lowest BCUT2D eigenvalue weighted by molar-refractivity contribution is -0.138. The highest BCUT2D eigenvalue weighted by Crippen LogP contribution is 2.33. The van der Waals surface area contributed by atoms with Crippen molar-refractivity contribution in [2.24, 2.45) is 0 Å². The molecule has 1 aromatic heterocycles. The van der Waals surface area contributed by atoms with Crippen LogP contribution in [0, 0.1) is 0 Å². The van der Waals surface area contributed by atoms with E-state index in [0.717, 1.165) is 33.3 Å². The van der Waals surface area contributed by atoms with Crippen molar-refractivity contribution in [3.8, 4) is 11.3 Å². The van der Waals surface area contributed by atoms with Crippen molar-refractivity contribution in [2.45, 2.75) is 25.9 Å². The summed E-state index contributed by atoms with van der Waals surface area (Å²) in [5.41, 5.74) is 3.86. The molecule has 0 saturated carbocycles. The first-order valence-corrected chi connectivity index (χ1v) is 9.29. The maximum atomic E-state index is 12.8. The largest absolute Gasteiger partial charge is 0.394 e. The van der Waals surface area contributed by atoms with Crippen LogP contribution < -0.4 is 5.32 Å². The zero-order valence-corrected chi connectivity index (χ0v) is 15.6. The summed E-state index contributed by atoms with van der Waals surface area (Å²) in [7, 11) is 0. The smallest absolute Gasteiger partial charge is 0.247 e. The Morgan fingerprint density at radius 1 is 1.25 bits per heavy atom. The highest BCUT2D eigenvalue weighted by molar-refractivity contribution is 5.96. The molecule has 3 N–H and O–H groups in total. The molecule has 3 aromatic rings. The Hall–Kier alpha value is -3.19. The van der Waals surface area contributed by atoms with E-state index in [0.29, 0.717) is 19.5 Å². The van der Waals surface area contributed by atoms with E-state index in [2.05, 4.69) is 33.7 Å². The van der Waals surface area contributed by atoms with Crippen LogP contribution in [0.1, 0.15) is 18.2 Å². The molecule has 1 unspecified atom stereocenters. The third-order valence-electron chi connectivity index (χ3n) is 5.15. The number of aliphatic hydroxyl groups is 1. The Bertz CT molecular complexity index is 1040. The number of rotatable bonds is 4. The van der Waals surface area contributed by atoms with Gasteiger partial charge in [-0.2, -0.15) is 5.10 Å². The van der Waals surface area contributed by atoms with Gasteiger partial charge < -0.3 is 15.3 Å². The van der Waals surface area contributed by atoms with Gasteiger partial charge in [0.1, 0.15) is 6.04 Å². The van der Waals surface area contributed by atoms with E-state index >= 15 is 0 Å². The van der Waals surface area contributed by atoms with Gasteiger partial charge >= 0.3 is 0 Å². The van der Waals surface area contributed by atoms with E-state index in [1.54, 1.807) is 4.90 Å². The highest BCUT2D eigenvalue weighted by atomic mass is 16.3. The summed E-state index contributed by atoms with van der Waals surface area (Å²) in [6.45, 7) is 1.81. The van der Waals surface area contributed by atoms with Crippen molar-refractivity contribution >= 4 is 22.6 Å². The van der Waals surface area contributed by atoms with Gasteiger partial charge in [0.2, 0.25) is 11.8 Å². The zero-order chi connectivity index (χ0) is 19.7. The van der Waals surface area contributed by atoms with Crippen LogP contribution in [-0.2, 0) is 22.6 Å². The van der Waals surface area contributed by atoms with Gasteiger partial charge in [0, 0.05) is 43.3 Å². The first-order valence-electron chi connectivity index (χ1n) is 9.29. The van der Waals surface area contributed by atoms with E-state index in [1.807, 2.05) is 24.3 Å². The summed E-state index contributed by atoms with van der Waals surface area (Å²) in [5, 5.41) is 21.9. The number of nitrogens with one attached hydrogen (secondary N) is 2. The van der Waals surface area contributed by atoms with Crippen LogP contribution in [0.5, 0.6) is 0 Å². The molecule has 1 aliphatic heterocycles. The van der Waals surface area contributed by atoms with Crippen LogP contribution in [-0.4, -0.2) is 51.2 Å². The SMILES string of the molecule is CC(=O)NC(CO)C(=O)N1CCc2[nH]nc(-c3cccc4ccccc34)c2C1. The van der Waals surface area contributed by atoms with E-state index in [1.165, 1.54) is 6.92 Å². The van der Waals surface area contributed by atoms with Gasteiger partial charge in [0.15, 0.2) is 0 Å². The topological polar surface area (TPSA) is 98.3 Å². The Morgan fingerprint density at radius 3 is 2.82 bits per heavy atom. The van der Waals surface area contributed by atoms with E-state index in [-0.39, 0.29) is 11.8 Å². The average Bonchev–Trinajstić information content (AvgIpc) is 3.14. The molecule has 0 fully saturated rings. The second kappa shape index (κ2) is 7.44. The van der Waals surface area contributed by atoms with Crippen LogP contribution in [0.3, 0.4) is 0 Å². The number of nitrogens with zero attached hydrogens (tertiary/aromatic N) is 2. The number of aromatic amines is 1. The molecule has 7 nitrogen and oxygen atoms in total. The molecule has 2 amide bonds. The van der Waals surface area contributed by atoms with Crippen LogP contribution in [0.2, 0.25) is 0 Å². The molecule has 4 rings (SSSR count). The average molecular weight is 378 g/mol. The van der Waals surface area contributed by atoms with Crippen LogP contribution in [0.4, 0.5) is 0 Å². The number of benzene rings is 2. The molecular weight excluding hydrogens is 356 g/mol. The Morgan fingerprint density at radius 2 is 2.04 bits per heavy atom. The predicted octanol–water partition coefficient (Wildman–Crippen LogP) is 1.61. The van der Waals surface area contributed by atoms with Crippen molar-refractivity contribution in [3.05, 3.63) is 53.7 Å². The molecule has 2 aromatic carbocycles. The molecule has 1 atom stereocenters. The van der Waals surface area contributed by atoms with Gasteiger partial charge in [-0.05, 0) is 10.8 Å². The van der Waals surface area contributed by atoms with Crippen molar-refractivity contribution in [3.63, 3.8) is 0 Å². The quantitative estimate of drug-likeness (QED) is 0.642. The van der Waals surface area contributed by atoms with Crippen LogP contribution in [0.25, 0.3) is 22.0 Å². The van der Waals surface area contributed by atoms with Crippen LogP contribution >= 0.6 is 0 Å². The number of hydrogen-bond acceptors (Lipinski definition) is 4. The number of amides is 2. The third kappa shape index (κ3) is 3.25. The second-order valence-electron chi connectivity index (χ2n) is 7.00. The lowest BCUT2D eigenvalue weighted by Gasteiger charge is -2.30. The monoisotopic (exact) mass is 378 g/mol. The summed E-state index contributed by atoms with van der Waals surface area (Å²) in [4.78, 5) is 25.8. The Balaban J connectivity index is 1.67. The normalized spacial score (nSPS) is 14.6. The summed E-state index contributed by atoms with van der Waals surface area (Å²) in [6.07, 6.45) is 0.650. The number of fused-ring (bicyclic) bond motifs is 2. The fourth-order valence-corrected chi connectivity index (χ4v) is 3.79. The van der Waals surface area contributed by atoms with Crippen LogP contribution in [0.15, 0.2) is 42.5 Å². The number of aliphatic hydroxyl groups excluding tert-OH is 1. The molecule has 7 heteroatoms. The molecule has 0 aliphatic carbocycles. The summed E-state index contributed by atoms with van der Waals surface area (Å²) >= 11 is 0. The standard InChI is InChI=1S/C21H22N4O3/c1-13(27)22-19(12-26)21(28)25-10-9-18-17(11-25)20(24-23-18)16-8-4-6-14-5-2-3-7-15(14)16/h2-8,19,26H,9-12H2,1H3,(H,22,27)(H,23,24). The van der Waals surface area contributed by atoms with E-state index < -0.39 is 12.6 Å². The molecule has 1 aliphatic rings.